The van der Waals surface area contributed by atoms with Crippen molar-refractivity contribution in [1.29, 1.82) is 0 Å². The molecule has 1 aromatic carbocycles. The Balaban J connectivity index is 1.68. The molecule has 1 N–H and O–H groups in total. The Morgan fingerprint density at radius 1 is 1.22 bits per heavy atom. The number of aromatic nitrogens is 2. The molecule has 0 aliphatic carbocycles. The van der Waals surface area contributed by atoms with Gasteiger partial charge in [-0.3, -0.25) is 9.20 Å². The highest BCUT2D eigenvalue weighted by atomic mass is 32.2. The van der Waals surface area contributed by atoms with E-state index in [0.29, 0.717) is 17.2 Å². The van der Waals surface area contributed by atoms with Crippen molar-refractivity contribution in [3.8, 4) is 0 Å². The quantitative estimate of drug-likeness (QED) is 0.783. The maximum atomic E-state index is 12.1. The lowest BCUT2D eigenvalue weighted by molar-refractivity contribution is 0.204. The zero-order chi connectivity index (χ0) is 16.2. The minimum atomic E-state index is -0.509. The molecule has 23 heavy (non-hydrogen) atoms. The number of fused-ring (bicyclic) bond motifs is 1. The highest BCUT2D eigenvalue weighted by Gasteiger charge is 2.08. The first-order chi connectivity index (χ1) is 11.1. The van der Waals surface area contributed by atoms with Gasteiger partial charge in [0, 0.05) is 23.8 Å². The van der Waals surface area contributed by atoms with Crippen molar-refractivity contribution in [3.63, 3.8) is 0 Å². The molecule has 0 spiro atoms. The molecule has 2 heterocycles. The third-order valence-corrected chi connectivity index (χ3v) is 4.62. The van der Waals surface area contributed by atoms with Crippen LogP contribution < -0.4 is 5.56 Å². The highest BCUT2D eigenvalue weighted by molar-refractivity contribution is 7.98. The number of rotatable bonds is 5. The molecule has 0 fully saturated rings. The minimum absolute atomic E-state index is 0.0714. The number of benzene rings is 1. The molecule has 0 radical (unpaired) electrons. The van der Waals surface area contributed by atoms with E-state index in [1.807, 2.05) is 49.4 Å². The van der Waals surface area contributed by atoms with Gasteiger partial charge in [0.15, 0.2) is 0 Å². The normalized spacial score (nSPS) is 12.4. The summed E-state index contributed by atoms with van der Waals surface area (Å²) in [5.74, 6) is 1.17. The van der Waals surface area contributed by atoms with Crippen molar-refractivity contribution < 1.29 is 5.11 Å². The summed E-state index contributed by atoms with van der Waals surface area (Å²) in [6.45, 7) is 1.95. The number of pyridine rings is 1. The van der Waals surface area contributed by atoms with E-state index >= 15 is 0 Å². The number of hydrogen-bond donors (Lipinski definition) is 1. The van der Waals surface area contributed by atoms with Crippen molar-refractivity contribution in [2.45, 2.75) is 18.8 Å². The Labute approximate surface area is 138 Å². The van der Waals surface area contributed by atoms with E-state index in [1.54, 1.807) is 28.4 Å². The van der Waals surface area contributed by atoms with Crippen molar-refractivity contribution >= 4 is 17.4 Å². The maximum absolute atomic E-state index is 12.1. The fraction of sp³-hybridized carbons (Fsp3) is 0.222. The number of hydrogen-bond acceptors (Lipinski definition) is 4. The average molecular weight is 326 g/mol. The van der Waals surface area contributed by atoms with Gasteiger partial charge in [-0.05, 0) is 24.1 Å². The Morgan fingerprint density at radius 2 is 2.00 bits per heavy atom. The first kappa shape index (κ1) is 15.8. The van der Waals surface area contributed by atoms with Crippen LogP contribution in [-0.2, 0) is 5.75 Å². The van der Waals surface area contributed by atoms with Crippen LogP contribution in [0.2, 0.25) is 0 Å². The van der Waals surface area contributed by atoms with Gasteiger partial charge in [0.25, 0.3) is 5.56 Å². The highest BCUT2D eigenvalue weighted by Crippen LogP contribution is 2.20. The molecule has 118 valence electrons. The average Bonchev–Trinajstić information content (AvgIpc) is 2.56. The molecular weight excluding hydrogens is 308 g/mol. The Hall–Kier alpha value is -2.11. The van der Waals surface area contributed by atoms with Crippen LogP contribution in [0.15, 0.2) is 59.5 Å². The van der Waals surface area contributed by atoms with E-state index in [4.69, 9.17) is 0 Å². The number of aliphatic hydroxyl groups excluding tert-OH is 1. The molecule has 0 bridgehead atoms. The zero-order valence-electron chi connectivity index (χ0n) is 12.8. The lowest BCUT2D eigenvalue weighted by atomic mass is 10.1. The van der Waals surface area contributed by atoms with Crippen molar-refractivity contribution in [2.24, 2.45) is 0 Å². The van der Waals surface area contributed by atoms with Crippen molar-refractivity contribution in [2.75, 3.05) is 5.75 Å². The van der Waals surface area contributed by atoms with E-state index in [-0.39, 0.29) is 5.56 Å². The van der Waals surface area contributed by atoms with Crippen LogP contribution >= 0.6 is 11.8 Å². The van der Waals surface area contributed by atoms with Gasteiger partial charge in [0.05, 0.1) is 11.8 Å². The monoisotopic (exact) mass is 326 g/mol. The minimum Gasteiger partial charge on any atom is -0.388 e. The summed E-state index contributed by atoms with van der Waals surface area (Å²) in [6, 6.07) is 14.9. The molecule has 0 saturated carbocycles. The van der Waals surface area contributed by atoms with Crippen molar-refractivity contribution in [1.82, 2.24) is 9.38 Å². The lowest BCUT2D eigenvalue weighted by Crippen LogP contribution is -2.15. The van der Waals surface area contributed by atoms with Gasteiger partial charge < -0.3 is 5.11 Å². The summed E-state index contributed by atoms with van der Waals surface area (Å²) in [5, 5.41) is 10.1. The molecule has 0 saturated heterocycles. The maximum Gasteiger partial charge on any atom is 0.258 e. The molecule has 5 heteroatoms. The van der Waals surface area contributed by atoms with Crippen LogP contribution in [0.5, 0.6) is 0 Å². The summed E-state index contributed by atoms with van der Waals surface area (Å²) >= 11 is 1.57. The summed E-state index contributed by atoms with van der Waals surface area (Å²) in [6.07, 6.45) is 1.28. The fourth-order valence-corrected chi connectivity index (χ4v) is 3.27. The van der Waals surface area contributed by atoms with Crippen LogP contribution in [0.25, 0.3) is 5.65 Å². The second-order valence-electron chi connectivity index (χ2n) is 5.46. The third kappa shape index (κ3) is 3.81. The van der Waals surface area contributed by atoms with Crippen LogP contribution in [0.1, 0.15) is 22.9 Å². The molecule has 1 atom stereocenters. The third-order valence-electron chi connectivity index (χ3n) is 3.57. The molecule has 0 aliphatic rings. The van der Waals surface area contributed by atoms with Gasteiger partial charge in [0.1, 0.15) is 5.65 Å². The zero-order valence-corrected chi connectivity index (χ0v) is 13.7. The predicted octanol–water partition coefficient (Wildman–Crippen LogP) is 2.97. The summed E-state index contributed by atoms with van der Waals surface area (Å²) in [4.78, 5) is 16.6. The van der Waals surface area contributed by atoms with Crippen LogP contribution in [0.3, 0.4) is 0 Å². The van der Waals surface area contributed by atoms with Gasteiger partial charge in [-0.15, -0.1) is 0 Å². The second-order valence-corrected chi connectivity index (χ2v) is 6.49. The number of aryl methyl sites for hydroxylation is 1. The van der Waals surface area contributed by atoms with Gasteiger partial charge in [-0.25, -0.2) is 4.98 Å². The van der Waals surface area contributed by atoms with Gasteiger partial charge in [-0.1, -0.05) is 36.4 Å². The van der Waals surface area contributed by atoms with E-state index in [9.17, 15) is 9.90 Å². The van der Waals surface area contributed by atoms with E-state index in [0.717, 1.165) is 16.8 Å². The molecule has 3 rings (SSSR count). The molecule has 0 amide bonds. The SMILES string of the molecule is Cc1ccc2nc(CSCC(O)c3ccccc3)cc(=O)n2c1. The molecule has 0 aliphatic heterocycles. The smallest absolute Gasteiger partial charge is 0.258 e. The van der Waals surface area contributed by atoms with Crippen LogP contribution in [-0.4, -0.2) is 20.2 Å². The van der Waals surface area contributed by atoms with E-state index in [2.05, 4.69) is 4.98 Å². The number of aliphatic hydroxyl groups is 1. The summed E-state index contributed by atoms with van der Waals surface area (Å²) in [7, 11) is 0. The van der Waals surface area contributed by atoms with Gasteiger partial charge >= 0.3 is 0 Å². The van der Waals surface area contributed by atoms with Gasteiger partial charge in [0.2, 0.25) is 0 Å². The summed E-state index contributed by atoms with van der Waals surface area (Å²) < 4.78 is 1.56. The van der Waals surface area contributed by atoms with Crippen LogP contribution in [0, 0.1) is 6.92 Å². The topological polar surface area (TPSA) is 54.6 Å². The fourth-order valence-electron chi connectivity index (χ4n) is 2.38. The molecular formula is C18H18N2O2S. The van der Waals surface area contributed by atoms with E-state index < -0.39 is 6.10 Å². The van der Waals surface area contributed by atoms with Gasteiger partial charge in [-0.2, -0.15) is 11.8 Å². The molecule has 1 unspecified atom stereocenters. The standard InChI is InChI=1S/C18H18N2O2S/c1-13-7-8-17-19-15(9-18(22)20(17)10-13)11-23-12-16(21)14-5-3-2-4-6-14/h2-10,16,21H,11-12H2,1H3. The number of nitrogens with zero attached hydrogens (tertiary/aromatic N) is 2. The largest absolute Gasteiger partial charge is 0.388 e. The molecule has 3 aromatic rings. The van der Waals surface area contributed by atoms with E-state index in [1.165, 1.54) is 0 Å². The summed E-state index contributed by atoms with van der Waals surface area (Å²) in [5.41, 5.74) is 3.25. The lowest BCUT2D eigenvalue weighted by Gasteiger charge is -2.10. The Morgan fingerprint density at radius 3 is 2.78 bits per heavy atom. The first-order valence-corrected chi connectivity index (χ1v) is 8.58. The number of thioether (sulfide) groups is 1. The molecule has 2 aromatic heterocycles. The van der Waals surface area contributed by atoms with Crippen LogP contribution in [0.4, 0.5) is 0 Å². The molecule has 4 nitrogen and oxygen atoms in total. The predicted molar refractivity (Wildman–Crippen MR) is 93.8 cm³/mol. The first-order valence-electron chi connectivity index (χ1n) is 7.43. The Bertz CT molecular complexity index is 862. The second kappa shape index (κ2) is 6.98. The van der Waals surface area contributed by atoms with Crippen molar-refractivity contribution in [3.05, 3.63) is 81.9 Å². The Kier molecular flexibility index (Phi) is 4.79.